The van der Waals surface area contributed by atoms with Crippen LogP contribution < -0.4 is 10.9 Å². The molecule has 5 nitrogen and oxygen atoms in total. The number of rotatable bonds is 3. The molecule has 0 aliphatic heterocycles. The second-order valence-corrected chi connectivity index (χ2v) is 4.17. The molecule has 5 heteroatoms. The van der Waals surface area contributed by atoms with Crippen LogP contribution in [0.4, 0.5) is 0 Å². The van der Waals surface area contributed by atoms with Gasteiger partial charge in [-0.1, -0.05) is 29.8 Å². The molecule has 2 aromatic rings. The van der Waals surface area contributed by atoms with E-state index < -0.39 is 11.8 Å². The van der Waals surface area contributed by atoms with Crippen molar-refractivity contribution in [3.8, 4) is 0 Å². The topological polar surface area (TPSA) is 71.3 Å². The minimum absolute atomic E-state index is 0.132. The Balaban J connectivity index is 1.85. The van der Waals surface area contributed by atoms with Crippen molar-refractivity contribution in [1.29, 1.82) is 0 Å². The van der Waals surface area contributed by atoms with Crippen molar-refractivity contribution in [1.82, 2.24) is 10.9 Å². The normalized spacial score (nSPS) is 10.4. The lowest BCUT2D eigenvalue weighted by atomic mass is 10.1. The zero-order chi connectivity index (χ0) is 14.4. The van der Waals surface area contributed by atoms with Gasteiger partial charge in [0.25, 0.3) is 5.91 Å². The van der Waals surface area contributed by atoms with Gasteiger partial charge in [0.15, 0.2) is 5.76 Å². The van der Waals surface area contributed by atoms with Gasteiger partial charge in [0.2, 0.25) is 0 Å². The number of hydrogen-bond acceptors (Lipinski definition) is 3. The molecule has 1 heterocycles. The van der Waals surface area contributed by atoms with Crippen LogP contribution in [0.3, 0.4) is 0 Å². The van der Waals surface area contributed by atoms with Gasteiger partial charge in [-0.05, 0) is 30.7 Å². The summed E-state index contributed by atoms with van der Waals surface area (Å²) in [6, 6.07) is 10.8. The van der Waals surface area contributed by atoms with Gasteiger partial charge in [-0.25, -0.2) is 0 Å². The predicted molar refractivity (Wildman–Crippen MR) is 74.5 cm³/mol. The molecule has 0 saturated heterocycles. The Morgan fingerprint density at radius 3 is 2.70 bits per heavy atom. The predicted octanol–water partition coefficient (Wildman–Crippen LogP) is 2.06. The lowest BCUT2D eigenvalue weighted by Crippen LogP contribution is -2.40. The zero-order valence-corrected chi connectivity index (χ0v) is 10.9. The van der Waals surface area contributed by atoms with E-state index in [0.717, 1.165) is 11.1 Å². The monoisotopic (exact) mass is 270 g/mol. The first-order chi connectivity index (χ1) is 9.65. The van der Waals surface area contributed by atoms with Crippen molar-refractivity contribution in [2.75, 3.05) is 0 Å². The minimum atomic E-state index is -0.507. The first-order valence-electron chi connectivity index (χ1n) is 6.04. The maximum Gasteiger partial charge on any atom is 0.305 e. The average molecular weight is 270 g/mol. The van der Waals surface area contributed by atoms with Crippen LogP contribution in [0.15, 0.2) is 53.2 Å². The van der Waals surface area contributed by atoms with Crippen molar-refractivity contribution in [3.05, 3.63) is 65.6 Å². The van der Waals surface area contributed by atoms with Crippen molar-refractivity contribution in [2.24, 2.45) is 0 Å². The van der Waals surface area contributed by atoms with Crippen LogP contribution in [0.5, 0.6) is 0 Å². The molecule has 2 amide bonds. The van der Waals surface area contributed by atoms with E-state index in [1.165, 1.54) is 18.4 Å². The number of hydrazine groups is 1. The Hall–Kier alpha value is -2.82. The van der Waals surface area contributed by atoms with Crippen LogP contribution in [0.1, 0.15) is 21.7 Å². The van der Waals surface area contributed by atoms with Crippen molar-refractivity contribution in [2.45, 2.75) is 6.92 Å². The van der Waals surface area contributed by atoms with Gasteiger partial charge in [-0.3, -0.25) is 20.4 Å². The van der Waals surface area contributed by atoms with Gasteiger partial charge >= 0.3 is 5.91 Å². The van der Waals surface area contributed by atoms with E-state index in [4.69, 9.17) is 4.42 Å². The number of carbonyl (C=O) groups excluding carboxylic acids is 2. The standard InChI is InChI=1S/C15H14N2O3/c1-11-4-2-5-12(10-11)7-8-14(18)16-17-15(19)13-6-3-9-20-13/h2-10H,1H3,(H,16,18)(H,17,19)/b8-7+. The van der Waals surface area contributed by atoms with Gasteiger partial charge in [-0.15, -0.1) is 0 Å². The Kier molecular flexibility index (Phi) is 4.34. The lowest BCUT2D eigenvalue weighted by molar-refractivity contribution is -0.117. The molecule has 0 unspecified atom stereocenters. The minimum Gasteiger partial charge on any atom is -0.459 e. The molecule has 1 aromatic carbocycles. The van der Waals surface area contributed by atoms with E-state index in [2.05, 4.69) is 10.9 Å². The number of hydrogen-bond donors (Lipinski definition) is 2. The fourth-order valence-corrected chi connectivity index (χ4v) is 1.58. The third kappa shape index (κ3) is 3.84. The molecular formula is C15H14N2O3. The third-order valence-corrected chi connectivity index (χ3v) is 2.51. The van der Waals surface area contributed by atoms with Crippen LogP contribution in [-0.2, 0) is 4.79 Å². The maximum atomic E-state index is 11.5. The van der Waals surface area contributed by atoms with Crippen molar-refractivity contribution in [3.63, 3.8) is 0 Å². The summed E-state index contributed by atoms with van der Waals surface area (Å²) in [5.41, 5.74) is 6.54. The molecule has 0 atom stereocenters. The summed E-state index contributed by atoms with van der Waals surface area (Å²) in [6.07, 6.45) is 4.40. The second kappa shape index (κ2) is 6.38. The SMILES string of the molecule is Cc1cccc(/C=C/C(=O)NNC(=O)c2ccco2)c1. The quantitative estimate of drug-likeness (QED) is 0.662. The molecule has 0 aliphatic rings. The van der Waals surface area contributed by atoms with Crippen LogP contribution >= 0.6 is 0 Å². The van der Waals surface area contributed by atoms with Crippen LogP contribution in [0.2, 0.25) is 0 Å². The van der Waals surface area contributed by atoms with E-state index in [1.54, 1.807) is 12.1 Å². The largest absolute Gasteiger partial charge is 0.459 e. The molecule has 1 aromatic heterocycles. The van der Waals surface area contributed by atoms with Gasteiger partial charge in [0.05, 0.1) is 6.26 Å². The number of carbonyl (C=O) groups is 2. The molecule has 2 rings (SSSR count). The molecule has 0 saturated carbocycles. The van der Waals surface area contributed by atoms with Crippen LogP contribution in [0.25, 0.3) is 6.08 Å². The first-order valence-corrected chi connectivity index (χ1v) is 6.04. The summed E-state index contributed by atoms with van der Waals surface area (Å²) >= 11 is 0. The highest BCUT2D eigenvalue weighted by molar-refractivity contribution is 5.96. The van der Waals surface area contributed by atoms with E-state index in [1.807, 2.05) is 31.2 Å². The van der Waals surface area contributed by atoms with Crippen LogP contribution in [-0.4, -0.2) is 11.8 Å². The van der Waals surface area contributed by atoms with Gasteiger partial charge < -0.3 is 4.42 Å². The number of furan rings is 1. The number of benzene rings is 1. The van der Waals surface area contributed by atoms with Crippen LogP contribution in [0, 0.1) is 6.92 Å². The summed E-state index contributed by atoms with van der Waals surface area (Å²) < 4.78 is 4.89. The van der Waals surface area contributed by atoms with Crippen molar-refractivity contribution < 1.29 is 14.0 Å². The summed E-state index contributed by atoms with van der Waals surface area (Å²) in [5.74, 6) is -0.799. The van der Waals surface area contributed by atoms with E-state index in [-0.39, 0.29) is 5.76 Å². The number of aryl methyl sites for hydroxylation is 1. The molecule has 0 fully saturated rings. The molecule has 2 N–H and O–H groups in total. The van der Waals surface area contributed by atoms with E-state index >= 15 is 0 Å². The summed E-state index contributed by atoms with van der Waals surface area (Å²) in [5, 5.41) is 0. The summed E-state index contributed by atoms with van der Waals surface area (Å²) in [6.45, 7) is 1.97. The lowest BCUT2D eigenvalue weighted by Gasteiger charge is -2.02. The molecule has 20 heavy (non-hydrogen) atoms. The van der Waals surface area contributed by atoms with Gasteiger partial charge in [0.1, 0.15) is 0 Å². The molecule has 0 radical (unpaired) electrons. The van der Waals surface area contributed by atoms with Gasteiger partial charge in [0, 0.05) is 6.08 Å². The Bertz CT molecular complexity index is 630. The number of nitrogens with one attached hydrogen (secondary N) is 2. The molecule has 0 aliphatic carbocycles. The summed E-state index contributed by atoms with van der Waals surface area (Å²) in [7, 11) is 0. The highest BCUT2D eigenvalue weighted by atomic mass is 16.3. The highest BCUT2D eigenvalue weighted by Crippen LogP contribution is 2.05. The molecule has 102 valence electrons. The summed E-state index contributed by atoms with van der Waals surface area (Å²) in [4.78, 5) is 23.0. The fourth-order valence-electron chi connectivity index (χ4n) is 1.58. The van der Waals surface area contributed by atoms with Gasteiger partial charge in [-0.2, -0.15) is 0 Å². The van der Waals surface area contributed by atoms with E-state index in [0.29, 0.717) is 0 Å². The van der Waals surface area contributed by atoms with E-state index in [9.17, 15) is 9.59 Å². The zero-order valence-electron chi connectivity index (χ0n) is 10.9. The Labute approximate surface area is 116 Å². The molecular weight excluding hydrogens is 256 g/mol. The third-order valence-electron chi connectivity index (χ3n) is 2.51. The highest BCUT2D eigenvalue weighted by Gasteiger charge is 2.07. The molecule has 0 spiro atoms. The second-order valence-electron chi connectivity index (χ2n) is 4.17. The number of amides is 2. The Morgan fingerprint density at radius 1 is 1.15 bits per heavy atom. The van der Waals surface area contributed by atoms with Crippen molar-refractivity contribution >= 4 is 17.9 Å². The Morgan fingerprint density at radius 2 is 2.00 bits per heavy atom. The smallest absolute Gasteiger partial charge is 0.305 e. The average Bonchev–Trinajstić information content (AvgIpc) is 2.97. The maximum absolute atomic E-state index is 11.5. The fraction of sp³-hybridized carbons (Fsp3) is 0.0667. The first kappa shape index (κ1) is 13.6. The molecule has 0 bridgehead atoms.